The molecule has 12 heteroatoms. The van der Waals surface area contributed by atoms with Gasteiger partial charge in [-0.05, 0) is 42.5 Å². The lowest BCUT2D eigenvalue weighted by Gasteiger charge is -2.02. The standard InChI is InChI=1S/C18H10ClN5O6/c19-12-4-1-9(7-11(12)17(26)27)14-6-3-10(30-14)2-5-13-15(24(28)29)16(25)23-18(22-13)20-8-21-23/h1-8H,(H,26,27)(H,20,21,22)/b5-2+. The maximum Gasteiger partial charge on any atom is 0.361 e. The summed E-state index contributed by atoms with van der Waals surface area (Å²) in [5.41, 5.74) is -1.39. The number of carbonyl (C=O) groups is 1. The second-order valence-electron chi connectivity index (χ2n) is 5.97. The van der Waals surface area contributed by atoms with E-state index in [9.17, 15) is 24.8 Å². The molecule has 1 aromatic carbocycles. The molecule has 3 aromatic heterocycles. The molecule has 0 spiro atoms. The van der Waals surface area contributed by atoms with Gasteiger partial charge >= 0.3 is 17.2 Å². The van der Waals surface area contributed by atoms with E-state index in [1.165, 1.54) is 30.6 Å². The molecule has 0 bridgehead atoms. The normalized spacial score (nSPS) is 11.4. The molecular formula is C18H10ClN5O6. The SMILES string of the molecule is O=C(O)c1cc(-c2ccc(/C=C/c3nc4nc[nH]n4c(=O)c3[N+](=O)[O-])o2)ccc1Cl. The molecule has 0 aliphatic carbocycles. The van der Waals surface area contributed by atoms with Gasteiger partial charge in [0, 0.05) is 5.56 Å². The maximum absolute atomic E-state index is 12.3. The number of carboxylic acids is 1. The Morgan fingerprint density at radius 1 is 1.30 bits per heavy atom. The number of aromatic nitrogens is 4. The largest absolute Gasteiger partial charge is 0.478 e. The number of halogens is 1. The van der Waals surface area contributed by atoms with Crippen LogP contribution < -0.4 is 5.56 Å². The molecule has 0 saturated heterocycles. The quantitative estimate of drug-likeness (QED) is 0.363. The van der Waals surface area contributed by atoms with Gasteiger partial charge < -0.3 is 9.52 Å². The minimum atomic E-state index is -1.17. The van der Waals surface area contributed by atoms with E-state index < -0.39 is 22.1 Å². The lowest BCUT2D eigenvalue weighted by Crippen LogP contribution is -2.20. The van der Waals surface area contributed by atoms with Gasteiger partial charge in [-0.15, -0.1) is 0 Å². The third-order valence-corrected chi connectivity index (χ3v) is 4.46. The van der Waals surface area contributed by atoms with Gasteiger partial charge in [-0.25, -0.2) is 14.8 Å². The van der Waals surface area contributed by atoms with E-state index in [0.29, 0.717) is 17.1 Å². The number of nitro groups is 1. The van der Waals surface area contributed by atoms with Crippen molar-refractivity contribution in [2.45, 2.75) is 0 Å². The molecule has 4 aromatic rings. The summed E-state index contributed by atoms with van der Waals surface area (Å²) < 4.78 is 6.51. The van der Waals surface area contributed by atoms with E-state index in [-0.39, 0.29) is 22.1 Å². The molecule has 0 aliphatic rings. The third kappa shape index (κ3) is 3.33. The zero-order valence-corrected chi connectivity index (χ0v) is 15.5. The number of benzene rings is 1. The topological polar surface area (TPSA) is 157 Å². The van der Waals surface area contributed by atoms with Crippen molar-refractivity contribution in [3.05, 3.63) is 79.2 Å². The van der Waals surface area contributed by atoms with Crippen molar-refractivity contribution in [3.63, 3.8) is 0 Å². The monoisotopic (exact) mass is 427 g/mol. The predicted octanol–water partition coefficient (Wildman–Crippen LogP) is 3.11. The highest BCUT2D eigenvalue weighted by Crippen LogP contribution is 2.27. The zero-order chi connectivity index (χ0) is 21.4. The highest BCUT2D eigenvalue weighted by molar-refractivity contribution is 6.33. The van der Waals surface area contributed by atoms with Gasteiger partial charge in [0.15, 0.2) is 5.69 Å². The van der Waals surface area contributed by atoms with E-state index >= 15 is 0 Å². The highest BCUT2D eigenvalue weighted by atomic mass is 35.5. The molecule has 0 radical (unpaired) electrons. The van der Waals surface area contributed by atoms with Gasteiger partial charge in [-0.1, -0.05) is 11.6 Å². The Bertz CT molecular complexity index is 1400. The number of hydrogen-bond acceptors (Lipinski definition) is 7. The number of carboxylic acid groups (broad SMARTS) is 1. The molecule has 2 N–H and O–H groups in total. The second-order valence-corrected chi connectivity index (χ2v) is 6.37. The summed E-state index contributed by atoms with van der Waals surface area (Å²) in [6.45, 7) is 0. The molecule has 4 rings (SSSR count). The number of fused-ring (bicyclic) bond motifs is 1. The zero-order valence-electron chi connectivity index (χ0n) is 14.8. The summed E-state index contributed by atoms with van der Waals surface area (Å²) in [5.74, 6) is -0.533. The number of furan rings is 1. The smallest absolute Gasteiger partial charge is 0.361 e. The number of rotatable bonds is 5. The van der Waals surface area contributed by atoms with Crippen LogP contribution in [0.5, 0.6) is 0 Å². The highest BCUT2D eigenvalue weighted by Gasteiger charge is 2.23. The van der Waals surface area contributed by atoms with E-state index in [4.69, 9.17) is 16.0 Å². The predicted molar refractivity (Wildman–Crippen MR) is 105 cm³/mol. The average molecular weight is 428 g/mol. The van der Waals surface area contributed by atoms with Gasteiger partial charge in [0.1, 0.15) is 17.8 Å². The lowest BCUT2D eigenvalue weighted by molar-refractivity contribution is -0.386. The van der Waals surface area contributed by atoms with Crippen molar-refractivity contribution in [1.82, 2.24) is 19.6 Å². The van der Waals surface area contributed by atoms with Gasteiger partial charge in [-0.2, -0.15) is 4.52 Å². The maximum atomic E-state index is 12.3. The second kappa shape index (κ2) is 7.29. The number of aromatic amines is 1. The van der Waals surface area contributed by atoms with E-state index in [1.807, 2.05) is 0 Å². The Hall–Kier alpha value is -4.25. The number of hydrogen-bond donors (Lipinski definition) is 2. The van der Waals surface area contributed by atoms with Gasteiger partial charge in [0.05, 0.1) is 15.5 Å². The van der Waals surface area contributed by atoms with E-state index in [2.05, 4.69) is 15.1 Å². The summed E-state index contributed by atoms with van der Waals surface area (Å²) in [5, 5.41) is 23.1. The fraction of sp³-hybridized carbons (Fsp3) is 0. The summed E-state index contributed by atoms with van der Waals surface area (Å²) in [6, 6.07) is 7.59. The first-order valence-corrected chi connectivity index (χ1v) is 8.64. The molecule has 0 aliphatic heterocycles. The van der Waals surface area contributed by atoms with Gasteiger partial charge in [-0.3, -0.25) is 20.0 Å². The first-order chi connectivity index (χ1) is 14.3. The Labute approximate surface area is 171 Å². The van der Waals surface area contributed by atoms with Crippen LogP contribution in [-0.4, -0.2) is 35.6 Å². The van der Waals surface area contributed by atoms with Crippen LogP contribution in [0.25, 0.3) is 29.3 Å². The van der Waals surface area contributed by atoms with Crippen LogP contribution in [0.1, 0.15) is 21.8 Å². The minimum absolute atomic E-state index is 0.0206. The van der Waals surface area contributed by atoms with Crippen LogP contribution in [0, 0.1) is 10.1 Å². The van der Waals surface area contributed by atoms with Gasteiger partial charge in [0.2, 0.25) is 0 Å². The van der Waals surface area contributed by atoms with Crippen LogP contribution in [0.3, 0.4) is 0 Å². The lowest BCUT2D eigenvalue weighted by atomic mass is 10.1. The van der Waals surface area contributed by atoms with Crippen LogP contribution in [0.4, 0.5) is 5.69 Å². The Morgan fingerprint density at radius 2 is 2.10 bits per heavy atom. The summed E-state index contributed by atoms with van der Waals surface area (Å²) >= 11 is 5.87. The Balaban J connectivity index is 1.70. The molecule has 0 fully saturated rings. The molecule has 0 atom stereocenters. The molecule has 0 saturated carbocycles. The fourth-order valence-electron chi connectivity index (χ4n) is 2.75. The number of nitrogens with one attached hydrogen (secondary N) is 1. The minimum Gasteiger partial charge on any atom is -0.478 e. The molecule has 30 heavy (non-hydrogen) atoms. The summed E-state index contributed by atoms with van der Waals surface area (Å²) in [6.07, 6.45) is 3.86. The van der Waals surface area contributed by atoms with Crippen molar-refractivity contribution in [3.8, 4) is 11.3 Å². The molecule has 11 nitrogen and oxygen atoms in total. The van der Waals surface area contributed by atoms with Crippen molar-refractivity contribution < 1.29 is 19.2 Å². The van der Waals surface area contributed by atoms with Crippen molar-refractivity contribution in [1.29, 1.82) is 0 Å². The average Bonchev–Trinajstić information content (AvgIpc) is 3.35. The fourth-order valence-corrected chi connectivity index (χ4v) is 2.95. The first kappa shape index (κ1) is 19.1. The molecule has 150 valence electrons. The van der Waals surface area contributed by atoms with Crippen molar-refractivity contribution >= 4 is 41.2 Å². The molecule has 0 amide bonds. The van der Waals surface area contributed by atoms with Crippen LogP contribution in [0.2, 0.25) is 5.02 Å². The molecular weight excluding hydrogens is 418 g/mol. The molecule has 3 heterocycles. The number of H-pyrrole nitrogens is 1. The van der Waals surface area contributed by atoms with E-state index in [0.717, 1.165) is 4.52 Å². The van der Waals surface area contributed by atoms with Crippen molar-refractivity contribution in [2.75, 3.05) is 0 Å². The Morgan fingerprint density at radius 3 is 2.83 bits per heavy atom. The molecule has 0 unspecified atom stereocenters. The van der Waals surface area contributed by atoms with Crippen molar-refractivity contribution in [2.24, 2.45) is 0 Å². The Kier molecular flexibility index (Phi) is 4.64. The number of nitrogens with zero attached hydrogens (tertiary/aromatic N) is 4. The van der Waals surface area contributed by atoms with E-state index in [1.54, 1.807) is 18.2 Å². The van der Waals surface area contributed by atoms with Crippen LogP contribution in [-0.2, 0) is 0 Å². The summed E-state index contributed by atoms with van der Waals surface area (Å²) in [4.78, 5) is 41.8. The third-order valence-electron chi connectivity index (χ3n) is 4.13. The first-order valence-electron chi connectivity index (χ1n) is 8.27. The summed E-state index contributed by atoms with van der Waals surface area (Å²) in [7, 11) is 0. The van der Waals surface area contributed by atoms with Gasteiger partial charge in [0.25, 0.3) is 5.78 Å². The van der Waals surface area contributed by atoms with Crippen LogP contribution >= 0.6 is 11.6 Å². The number of aromatic carboxylic acids is 1. The van der Waals surface area contributed by atoms with Crippen LogP contribution in [0.15, 0.2) is 45.9 Å².